The van der Waals surface area contributed by atoms with Gasteiger partial charge in [-0.15, -0.1) is 0 Å². The smallest absolute Gasteiger partial charge is 0.341 e. The molecule has 0 amide bonds. The summed E-state index contributed by atoms with van der Waals surface area (Å²) in [5.41, 5.74) is 1.33. The predicted octanol–water partition coefficient (Wildman–Crippen LogP) is 4.09. The molecule has 0 bridgehead atoms. The van der Waals surface area contributed by atoms with Crippen LogP contribution < -0.4 is 0 Å². The summed E-state index contributed by atoms with van der Waals surface area (Å²) >= 11 is 0. The quantitative estimate of drug-likeness (QED) is 0.613. The Hall–Kier alpha value is -1.14. The molecule has 0 saturated heterocycles. The SMILES string of the molecule is COC(=O)c1cnn([C@H]2C[C@@](C)(O[Si](C)(C)C(C)(C)C)C2)c1C. The summed E-state index contributed by atoms with van der Waals surface area (Å²) < 4.78 is 13.3. The van der Waals surface area contributed by atoms with Gasteiger partial charge in [0.05, 0.1) is 30.6 Å². The highest BCUT2D eigenvalue weighted by atomic mass is 28.4. The zero-order chi connectivity index (χ0) is 17.6. The Balaban J connectivity index is 2.07. The van der Waals surface area contributed by atoms with Crippen molar-refractivity contribution in [2.24, 2.45) is 0 Å². The first-order valence-electron chi connectivity index (χ1n) is 8.23. The molecule has 5 nitrogen and oxygen atoms in total. The molecule has 23 heavy (non-hydrogen) atoms. The van der Waals surface area contributed by atoms with Gasteiger partial charge in [-0.05, 0) is 44.8 Å². The summed E-state index contributed by atoms with van der Waals surface area (Å²) in [5.74, 6) is -0.326. The Morgan fingerprint density at radius 1 is 1.39 bits per heavy atom. The molecule has 1 heterocycles. The minimum absolute atomic E-state index is 0.0858. The topological polar surface area (TPSA) is 53.3 Å². The Morgan fingerprint density at radius 3 is 2.43 bits per heavy atom. The van der Waals surface area contributed by atoms with Crippen molar-refractivity contribution in [1.29, 1.82) is 0 Å². The number of methoxy groups -OCH3 is 1. The van der Waals surface area contributed by atoms with E-state index in [9.17, 15) is 4.79 Å². The fourth-order valence-electron chi connectivity index (χ4n) is 3.06. The first-order valence-corrected chi connectivity index (χ1v) is 11.1. The number of hydrogen-bond donors (Lipinski definition) is 0. The van der Waals surface area contributed by atoms with E-state index in [2.05, 4.69) is 45.9 Å². The molecule has 6 heteroatoms. The van der Waals surface area contributed by atoms with Crippen LogP contribution in [0.5, 0.6) is 0 Å². The van der Waals surface area contributed by atoms with Gasteiger partial charge in [0.25, 0.3) is 0 Å². The molecule has 1 aliphatic rings. The lowest BCUT2D eigenvalue weighted by Gasteiger charge is -2.52. The fourth-order valence-corrected chi connectivity index (χ4v) is 4.77. The highest BCUT2D eigenvalue weighted by Gasteiger charge is 2.49. The number of aromatic nitrogens is 2. The predicted molar refractivity (Wildman–Crippen MR) is 93.3 cm³/mol. The van der Waals surface area contributed by atoms with Crippen LogP contribution in [-0.4, -0.2) is 36.8 Å². The van der Waals surface area contributed by atoms with Crippen molar-refractivity contribution in [2.75, 3.05) is 7.11 Å². The summed E-state index contributed by atoms with van der Waals surface area (Å²) in [6, 6.07) is 0.295. The summed E-state index contributed by atoms with van der Waals surface area (Å²) in [6.45, 7) is 15.5. The van der Waals surface area contributed by atoms with Gasteiger partial charge in [-0.2, -0.15) is 5.10 Å². The molecule has 1 saturated carbocycles. The Bertz CT molecular complexity index is 595. The summed E-state index contributed by atoms with van der Waals surface area (Å²) in [4.78, 5) is 11.7. The van der Waals surface area contributed by atoms with Crippen LogP contribution in [0.15, 0.2) is 6.20 Å². The van der Waals surface area contributed by atoms with Gasteiger partial charge in [-0.3, -0.25) is 4.68 Å². The molecular weight excluding hydrogens is 308 g/mol. The second-order valence-corrected chi connectivity index (χ2v) is 13.2. The van der Waals surface area contributed by atoms with Crippen LogP contribution in [0, 0.1) is 6.92 Å². The molecule has 0 N–H and O–H groups in total. The van der Waals surface area contributed by atoms with Crippen molar-refractivity contribution in [3.05, 3.63) is 17.5 Å². The lowest BCUT2D eigenvalue weighted by Crippen LogP contribution is -2.54. The number of ether oxygens (including phenoxy) is 1. The van der Waals surface area contributed by atoms with E-state index >= 15 is 0 Å². The minimum Gasteiger partial charge on any atom is -0.465 e. The Morgan fingerprint density at radius 2 is 1.96 bits per heavy atom. The molecule has 1 aromatic heterocycles. The second-order valence-electron chi connectivity index (χ2n) is 8.45. The number of hydrogen-bond acceptors (Lipinski definition) is 4. The third kappa shape index (κ3) is 3.38. The van der Waals surface area contributed by atoms with Gasteiger partial charge in [0.2, 0.25) is 0 Å². The van der Waals surface area contributed by atoms with Crippen LogP contribution in [-0.2, 0) is 9.16 Å². The normalized spacial score (nSPS) is 25.1. The third-order valence-electron chi connectivity index (χ3n) is 5.44. The standard InChI is InChI=1S/C17H30N2O3Si/c1-12-14(15(20)21-6)11-18-19(12)13-9-17(5,10-13)22-23(7,8)16(2,3)4/h11,13H,9-10H2,1-8H3/t13-,17+. The van der Waals surface area contributed by atoms with Crippen molar-refractivity contribution in [3.63, 3.8) is 0 Å². The van der Waals surface area contributed by atoms with Crippen LogP contribution in [0.25, 0.3) is 0 Å². The van der Waals surface area contributed by atoms with E-state index in [1.165, 1.54) is 7.11 Å². The molecule has 2 rings (SSSR count). The van der Waals surface area contributed by atoms with E-state index in [4.69, 9.17) is 9.16 Å². The van der Waals surface area contributed by atoms with Gasteiger partial charge in [-0.25, -0.2) is 4.79 Å². The van der Waals surface area contributed by atoms with Crippen molar-refractivity contribution in [1.82, 2.24) is 9.78 Å². The monoisotopic (exact) mass is 338 g/mol. The maximum Gasteiger partial charge on any atom is 0.341 e. The van der Waals surface area contributed by atoms with Crippen LogP contribution in [0.4, 0.5) is 0 Å². The maximum absolute atomic E-state index is 11.7. The lowest BCUT2D eigenvalue weighted by atomic mass is 9.77. The first-order chi connectivity index (χ1) is 10.4. The van der Waals surface area contributed by atoms with E-state index in [0.717, 1.165) is 18.5 Å². The summed E-state index contributed by atoms with van der Waals surface area (Å²) in [5, 5.41) is 4.60. The van der Waals surface area contributed by atoms with Gasteiger partial charge in [0.15, 0.2) is 8.32 Å². The Kier molecular flexibility index (Phi) is 4.54. The average Bonchev–Trinajstić information content (AvgIpc) is 2.74. The van der Waals surface area contributed by atoms with E-state index in [-0.39, 0.29) is 16.6 Å². The average molecular weight is 339 g/mol. The molecule has 1 aromatic rings. The third-order valence-corrected chi connectivity index (χ3v) is 10.1. The largest absolute Gasteiger partial charge is 0.465 e. The van der Waals surface area contributed by atoms with Crippen molar-refractivity contribution >= 4 is 14.3 Å². The molecular formula is C17H30N2O3Si. The van der Waals surface area contributed by atoms with Crippen LogP contribution in [0.3, 0.4) is 0 Å². The summed E-state index contributed by atoms with van der Waals surface area (Å²) in [6.07, 6.45) is 3.47. The van der Waals surface area contributed by atoms with Gasteiger partial charge in [-0.1, -0.05) is 20.8 Å². The van der Waals surface area contributed by atoms with Crippen LogP contribution >= 0.6 is 0 Å². The van der Waals surface area contributed by atoms with Crippen molar-refractivity contribution in [3.8, 4) is 0 Å². The van der Waals surface area contributed by atoms with Gasteiger partial charge >= 0.3 is 5.97 Å². The van der Waals surface area contributed by atoms with E-state index in [1.54, 1.807) is 6.20 Å². The highest BCUT2D eigenvalue weighted by Crippen LogP contribution is 2.49. The van der Waals surface area contributed by atoms with E-state index < -0.39 is 8.32 Å². The van der Waals surface area contributed by atoms with Crippen molar-refractivity contribution < 1.29 is 14.0 Å². The van der Waals surface area contributed by atoms with Crippen LogP contribution in [0.2, 0.25) is 18.1 Å². The van der Waals surface area contributed by atoms with Crippen LogP contribution in [0.1, 0.15) is 62.6 Å². The fraction of sp³-hybridized carbons (Fsp3) is 0.765. The zero-order valence-corrected chi connectivity index (χ0v) is 16.7. The van der Waals surface area contributed by atoms with E-state index in [0.29, 0.717) is 11.6 Å². The molecule has 0 atom stereocenters. The maximum atomic E-state index is 11.7. The second kappa shape index (κ2) is 5.74. The number of carbonyl (C=O) groups excluding carboxylic acids is 1. The molecule has 130 valence electrons. The molecule has 1 aliphatic carbocycles. The number of nitrogens with zero attached hydrogens (tertiary/aromatic N) is 2. The zero-order valence-electron chi connectivity index (χ0n) is 15.7. The molecule has 0 aromatic carbocycles. The van der Waals surface area contributed by atoms with Gasteiger partial charge in [0, 0.05) is 0 Å². The van der Waals surface area contributed by atoms with Crippen molar-refractivity contribution in [2.45, 2.75) is 77.2 Å². The van der Waals surface area contributed by atoms with Gasteiger partial charge < -0.3 is 9.16 Å². The molecule has 0 spiro atoms. The minimum atomic E-state index is -1.78. The number of esters is 1. The van der Waals surface area contributed by atoms with E-state index in [1.807, 2.05) is 11.6 Å². The Labute approximate surface area is 140 Å². The number of rotatable bonds is 4. The first kappa shape index (κ1) is 18.2. The molecule has 0 aliphatic heterocycles. The van der Waals surface area contributed by atoms with Gasteiger partial charge in [0.1, 0.15) is 5.56 Å². The lowest BCUT2D eigenvalue weighted by molar-refractivity contribution is -0.0429. The molecule has 1 fully saturated rings. The molecule has 0 unspecified atom stereocenters. The molecule has 0 radical (unpaired) electrons. The summed E-state index contributed by atoms with van der Waals surface area (Å²) in [7, 11) is -0.381. The number of carbonyl (C=O) groups is 1. The highest BCUT2D eigenvalue weighted by molar-refractivity contribution is 6.74.